The van der Waals surface area contributed by atoms with E-state index in [1.807, 2.05) is 0 Å². The summed E-state index contributed by atoms with van der Waals surface area (Å²) >= 11 is 0. The Morgan fingerprint density at radius 2 is 1.56 bits per heavy atom. The summed E-state index contributed by atoms with van der Waals surface area (Å²) < 4.78 is 10.1. The topological polar surface area (TPSA) is 136 Å². The van der Waals surface area contributed by atoms with Crippen LogP contribution in [0.25, 0.3) is 0 Å². The van der Waals surface area contributed by atoms with Gasteiger partial charge in [-0.3, -0.25) is 14.9 Å². The average Bonchev–Trinajstić information content (AvgIpc) is 2.32. The molecule has 144 valence electrons. The molecule has 0 aliphatic rings. The van der Waals surface area contributed by atoms with Crippen molar-refractivity contribution >= 4 is 24.1 Å². The molecule has 0 saturated heterocycles. The molecule has 10 heteroatoms. The molecule has 0 fully saturated rings. The van der Waals surface area contributed by atoms with Crippen molar-refractivity contribution < 1.29 is 33.8 Å². The number of carboxylic acid groups (broad SMARTS) is 1. The van der Waals surface area contributed by atoms with Crippen molar-refractivity contribution in [2.45, 2.75) is 65.6 Å². The summed E-state index contributed by atoms with van der Waals surface area (Å²) in [5.74, 6) is -1.29. The molecular formula is C15H27N3O7. The number of rotatable bonds is 5. The molecule has 10 nitrogen and oxygen atoms in total. The van der Waals surface area contributed by atoms with Gasteiger partial charge in [0, 0.05) is 6.42 Å². The highest BCUT2D eigenvalue weighted by molar-refractivity contribution is 5.98. The van der Waals surface area contributed by atoms with E-state index in [2.05, 4.69) is 15.8 Å². The minimum Gasteiger partial charge on any atom is -0.481 e. The molecule has 0 rings (SSSR count). The van der Waals surface area contributed by atoms with Gasteiger partial charge in [0.05, 0.1) is 6.61 Å². The Hall–Kier alpha value is -2.36. The van der Waals surface area contributed by atoms with Crippen molar-refractivity contribution in [1.29, 1.82) is 0 Å². The third-order valence-corrected chi connectivity index (χ3v) is 2.02. The first-order valence-electron chi connectivity index (χ1n) is 7.70. The number of carbonyl (C=O) groups excluding carboxylic acids is 2. The smallest absolute Gasteiger partial charge is 0.437 e. The lowest BCUT2D eigenvalue weighted by molar-refractivity contribution is -0.137. The van der Waals surface area contributed by atoms with Crippen LogP contribution in [0.1, 0.15) is 54.4 Å². The normalized spacial score (nSPS) is 12.3. The molecule has 0 atom stereocenters. The molecule has 25 heavy (non-hydrogen) atoms. The fourth-order valence-electron chi connectivity index (χ4n) is 1.27. The standard InChI is InChI=1S/C15H27N3O7/c1-14(2,3)24-12(21)16-11(17-13(22)25-15(4,5)6)18-23-9-7-8-10(19)20/h7-9H2,1-6H3,(H,19,20)(H2,16,17,18,21,22). The number of guanidine groups is 1. The van der Waals surface area contributed by atoms with Gasteiger partial charge in [0.25, 0.3) is 0 Å². The van der Waals surface area contributed by atoms with E-state index in [0.29, 0.717) is 0 Å². The number of amides is 2. The van der Waals surface area contributed by atoms with Gasteiger partial charge in [-0.1, -0.05) is 0 Å². The number of hydroxylamine groups is 1. The highest BCUT2D eigenvalue weighted by atomic mass is 16.6. The molecular weight excluding hydrogens is 334 g/mol. The van der Waals surface area contributed by atoms with Crippen molar-refractivity contribution in [3.8, 4) is 0 Å². The van der Waals surface area contributed by atoms with Crippen LogP contribution in [0.5, 0.6) is 0 Å². The number of nitrogens with one attached hydrogen (secondary N) is 2. The van der Waals surface area contributed by atoms with E-state index in [1.165, 1.54) is 0 Å². The van der Waals surface area contributed by atoms with Crippen LogP contribution in [0, 0.1) is 0 Å². The van der Waals surface area contributed by atoms with Gasteiger partial charge < -0.3 is 14.6 Å². The summed E-state index contributed by atoms with van der Waals surface area (Å²) in [5, 5.41) is 10.8. The summed E-state index contributed by atoms with van der Waals surface area (Å²) in [6, 6.07) is 0. The van der Waals surface area contributed by atoms with Crippen LogP contribution in [0.2, 0.25) is 0 Å². The van der Waals surface area contributed by atoms with E-state index in [9.17, 15) is 14.4 Å². The first kappa shape index (κ1) is 22.6. The van der Waals surface area contributed by atoms with Crippen LogP contribution < -0.4 is 10.8 Å². The molecule has 0 aliphatic heterocycles. The third-order valence-electron chi connectivity index (χ3n) is 2.02. The largest absolute Gasteiger partial charge is 0.481 e. The Morgan fingerprint density at radius 1 is 1.00 bits per heavy atom. The van der Waals surface area contributed by atoms with Gasteiger partial charge in [0.1, 0.15) is 11.2 Å². The Kier molecular flexibility index (Phi) is 8.89. The zero-order valence-electron chi connectivity index (χ0n) is 15.5. The lowest BCUT2D eigenvalue weighted by atomic mass is 10.2. The fraction of sp³-hybridized carbons (Fsp3) is 0.733. The van der Waals surface area contributed by atoms with Gasteiger partial charge >= 0.3 is 18.2 Å². The number of carboxylic acids is 1. The molecule has 3 N–H and O–H groups in total. The molecule has 0 bridgehead atoms. The third kappa shape index (κ3) is 14.9. The molecule has 0 aromatic rings. The van der Waals surface area contributed by atoms with Crippen LogP contribution in [0.15, 0.2) is 4.99 Å². The Labute approximate surface area is 146 Å². The minimum atomic E-state index is -0.960. The Bertz CT molecular complexity index is 504. The van der Waals surface area contributed by atoms with Crippen LogP contribution in [-0.2, 0) is 19.1 Å². The summed E-state index contributed by atoms with van der Waals surface area (Å²) in [5.41, 5.74) is 0.761. The van der Waals surface area contributed by atoms with Crippen LogP contribution in [0.3, 0.4) is 0 Å². The number of alkyl carbamates (subject to hydrolysis) is 1. The molecule has 0 aromatic carbocycles. The van der Waals surface area contributed by atoms with E-state index >= 15 is 0 Å². The van der Waals surface area contributed by atoms with Crippen molar-refractivity contribution in [3.05, 3.63) is 0 Å². The number of nitrogens with zero attached hydrogens (tertiary/aromatic N) is 1. The van der Waals surface area contributed by atoms with Crippen molar-refractivity contribution in [1.82, 2.24) is 10.8 Å². The second-order valence-corrected chi connectivity index (χ2v) is 7.02. The molecule has 0 unspecified atom stereocenters. The minimum absolute atomic E-state index is 0.0234. The van der Waals surface area contributed by atoms with E-state index < -0.39 is 29.4 Å². The van der Waals surface area contributed by atoms with E-state index in [-0.39, 0.29) is 25.4 Å². The molecule has 0 aliphatic carbocycles. The number of ether oxygens (including phenoxy) is 2. The van der Waals surface area contributed by atoms with Gasteiger partial charge in [-0.05, 0) is 48.0 Å². The predicted octanol–water partition coefficient (Wildman–Crippen LogP) is 2.19. The number of aliphatic imine (C=N–C) groups is 1. The highest BCUT2D eigenvalue weighted by Gasteiger charge is 2.20. The second kappa shape index (κ2) is 9.82. The molecule has 0 radical (unpaired) electrons. The van der Waals surface area contributed by atoms with Gasteiger partial charge in [-0.15, -0.1) is 4.99 Å². The lowest BCUT2D eigenvalue weighted by Crippen LogP contribution is -2.44. The maximum Gasteiger partial charge on any atom is 0.437 e. The van der Waals surface area contributed by atoms with Gasteiger partial charge in [0.15, 0.2) is 0 Å². The zero-order chi connectivity index (χ0) is 19.7. The maximum atomic E-state index is 11.8. The summed E-state index contributed by atoms with van der Waals surface area (Å²) in [6.45, 7) is 10.0. The molecule has 0 saturated carbocycles. The van der Waals surface area contributed by atoms with E-state index in [4.69, 9.17) is 19.4 Å². The van der Waals surface area contributed by atoms with Crippen molar-refractivity contribution in [3.63, 3.8) is 0 Å². The summed E-state index contributed by atoms with van der Waals surface area (Å²) in [4.78, 5) is 42.5. The van der Waals surface area contributed by atoms with Crippen LogP contribution in [0.4, 0.5) is 9.59 Å². The number of hydrogen-bond acceptors (Lipinski definition) is 6. The van der Waals surface area contributed by atoms with E-state index in [1.54, 1.807) is 41.5 Å². The average molecular weight is 361 g/mol. The van der Waals surface area contributed by atoms with Crippen molar-refractivity contribution in [2.75, 3.05) is 6.61 Å². The maximum absolute atomic E-state index is 11.8. The van der Waals surface area contributed by atoms with Gasteiger partial charge in [-0.25, -0.2) is 15.1 Å². The number of carbonyl (C=O) groups is 3. The lowest BCUT2D eigenvalue weighted by Gasteiger charge is -2.21. The van der Waals surface area contributed by atoms with Gasteiger partial charge in [-0.2, -0.15) is 0 Å². The Morgan fingerprint density at radius 3 is 2.04 bits per heavy atom. The molecule has 0 aromatic heterocycles. The predicted molar refractivity (Wildman–Crippen MR) is 89.0 cm³/mol. The zero-order valence-corrected chi connectivity index (χ0v) is 15.5. The molecule has 0 spiro atoms. The number of aliphatic carboxylic acids is 1. The quantitative estimate of drug-likeness (QED) is 0.293. The van der Waals surface area contributed by atoms with Gasteiger partial charge in [0.2, 0.25) is 5.96 Å². The van der Waals surface area contributed by atoms with E-state index in [0.717, 1.165) is 0 Å². The Balaban J connectivity index is 4.77. The molecule has 0 heterocycles. The monoisotopic (exact) mass is 361 g/mol. The highest BCUT2D eigenvalue weighted by Crippen LogP contribution is 2.08. The first-order chi connectivity index (χ1) is 11.3. The van der Waals surface area contributed by atoms with Crippen LogP contribution in [-0.4, -0.2) is 47.0 Å². The van der Waals surface area contributed by atoms with Crippen molar-refractivity contribution in [2.24, 2.45) is 4.99 Å². The van der Waals surface area contributed by atoms with Crippen LogP contribution >= 0.6 is 0 Å². The summed E-state index contributed by atoms with van der Waals surface area (Å²) in [6.07, 6.45) is -1.65. The number of hydrogen-bond donors (Lipinski definition) is 3. The summed E-state index contributed by atoms with van der Waals surface area (Å²) in [7, 11) is 0. The first-order valence-corrected chi connectivity index (χ1v) is 7.70. The fourth-order valence-corrected chi connectivity index (χ4v) is 1.27. The SMILES string of the molecule is CC(C)(C)OC(=O)/N=C(\NOCCCC(=O)O)NC(=O)OC(C)(C)C. The molecule has 2 amide bonds. The second-order valence-electron chi connectivity index (χ2n) is 7.02.